The Morgan fingerprint density at radius 3 is 2.59 bits per heavy atom. The summed E-state index contributed by atoms with van der Waals surface area (Å²) in [5, 5.41) is 0. The number of piperidine rings is 1. The van der Waals surface area contributed by atoms with E-state index in [-0.39, 0.29) is 11.9 Å². The topological polar surface area (TPSA) is 68.2 Å². The van der Waals surface area contributed by atoms with Crippen molar-refractivity contribution in [3.8, 4) is 11.4 Å². The summed E-state index contributed by atoms with van der Waals surface area (Å²) in [7, 11) is 1.46. The van der Waals surface area contributed by atoms with Crippen molar-refractivity contribution in [1.29, 1.82) is 0 Å². The van der Waals surface area contributed by atoms with Gasteiger partial charge in [-0.25, -0.2) is 9.97 Å². The van der Waals surface area contributed by atoms with Gasteiger partial charge >= 0.3 is 5.97 Å². The Labute approximate surface area is 161 Å². The second-order valence-corrected chi connectivity index (χ2v) is 7.82. The first-order valence-electron chi connectivity index (χ1n) is 9.43. The lowest BCUT2D eigenvalue weighted by molar-refractivity contribution is -0.154. The third-order valence-electron chi connectivity index (χ3n) is 5.76. The Hall–Kier alpha value is -2.50. The monoisotopic (exact) mass is 368 g/mol. The molecular weight excluding hydrogens is 340 g/mol. The van der Waals surface area contributed by atoms with Crippen molar-refractivity contribution in [2.75, 3.05) is 25.1 Å². The third kappa shape index (κ3) is 3.80. The van der Waals surface area contributed by atoms with E-state index in [0.29, 0.717) is 5.82 Å². The summed E-state index contributed by atoms with van der Waals surface area (Å²) >= 11 is 0. The molecule has 2 aromatic heterocycles. The summed E-state index contributed by atoms with van der Waals surface area (Å²) in [6.45, 7) is 9.76. The maximum absolute atomic E-state index is 12.3. The minimum atomic E-state index is -0.517. The molecule has 0 radical (unpaired) electrons. The van der Waals surface area contributed by atoms with Crippen LogP contribution in [0.1, 0.15) is 37.9 Å². The maximum Gasteiger partial charge on any atom is 0.311 e. The van der Waals surface area contributed by atoms with Crippen molar-refractivity contribution in [3.05, 3.63) is 35.8 Å². The Kier molecular flexibility index (Phi) is 5.44. The zero-order chi connectivity index (χ0) is 19.6. The van der Waals surface area contributed by atoms with Gasteiger partial charge in [-0.2, -0.15) is 0 Å². The number of methoxy groups -OCH3 is 1. The van der Waals surface area contributed by atoms with E-state index in [9.17, 15) is 4.79 Å². The lowest BCUT2D eigenvalue weighted by Crippen LogP contribution is -2.45. The van der Waals surface area contributed by atoms with Crippen LogP contribution in [0.2, 0.25) is 0 Å². The number of nitrogens with zero attached hydrogens (tertiary/aromatic N) is 4. The summed E-state index contributed by atoms with van der Waals surface area (Å²) < 4.78 is 5.04. The summed E-state index contributed by atoms with van der Waals surface area (Å²) in [6, 6.07) is 3.85. The van der Waals surface area contributed by atoms with Gasteiger partial charge in [0, 0.05) is 42.3 Å². The zero-order valence-electron chi connectivity index (χ0n) is 16.8. The van der Waals surface area contributed by atoms with E-state index in [2.05, 4.69) is 21.8 Å². The molecule has 27 heavy (non-hydrogen) atoms. The fraction of sp³-hybridized carbons (Fsp3) is 0.524. The smallest absolute Gasteiger partial charge is 0.311 e. The number of anilines is 1. The first-order valence-corrected chi connectivity index (χ1v) is 9.43. The Morgan fingerprint density at radius 1 is 1.22 bits per heavy atom. The molecule has 1 aliphatic heterocycles. The first kappa shape index (κ1) is 19.3. The van der Waals surface area contributed by atoms with E-state index in [4.69, 9.17) is 9.72 Å². The minimum absolute atomic E-state index is 0.151. The fourth-order valence-electron chi connectivity index (χ4n) is 3.74. The number of aromatic nitrogens is 3. The lowest BCUT2D eigenvalue weighted by atomic mass is 9.74. The van der Waals surface area contributed by atoms with E-state index in [1.165, 1.54) is 7.11 Å². The van der Waals surface area contributed by atoms with Crippen molar-refractivity contribution < 1.29 is 9.53 Å². The highest BCUT2D eigenvalue weighted by molar-refractivity contribution is 5.76. The molecule has 0 spiro atoms. The van der Waals surface area contributed by atoms with Crippen LogP contribution < -0.4 is 4.90 Å². The predicted octanol–water partition coefficient (Wildman–Crippen LogP) is 3.57. The fourth-order valence-corrected chi connectivity index (χ4v) is 3.74. The van der Waals surface area contributed by atoms with Crippen LogP contribution in [0.4, 0.5) is 5.82 Å². The number of rotatable bonds is 4. The Balaban J connectivity index is 1.94. The highest BCUT2D eigenvalue weighted by Gasteiger charge is 2.40. The van der Waals surface area contributed by atoms with Crippen molar-refractivity contribution in [2.24, 2.45) is 11.3 Å². The molecule has 0 aromatic carbocycles. The minimum Gasteiger partial charge on any atom is -0.469 e. The molecule has 6 heteroatoms. The van der Waals surface area contributed by atoms with Crippen LogP contribution in [0.3, 0.4) is 0 Å². The number of aryl methyl sites for hydroxylation is 1. The van der Waals surface area contributed by atoms with E-state index in [0.717, 1.165) is 48.6 Å². The van der Waals surface area contributed by atoms with Gasteiger partial charge < -0.3 is 9.64 Å². The number of pyridine rings is 1. The van der Waals surface area contributed by atoms with Crippen molar-refractivity contribution in [3.63, 3.8) is 0 Å². The maximum atomic E-state index is 12.3. The van der Waals surface area contributed by atoms with Crippen LogP contribution in [0.5, 0.6) is 0 Å². The Bertz CT molecular complexity index is 820. The summed E-state index contributed by atoms with van der Waals surface area (Å²) in [4.78, 5) is 28.2. The van der Waals surface area contributed by atoms with Gasteiger partial charge in [0.2, 0.25) is 0 Å². The van der Waals surface area contributed by atoms with Crippen molar-refractivity contribution in [1.82, 2.24) is 15.0 Å². The second-order valence-electron chi connectivity index (χ2n) is 7.82. The van der Waals surface area contributed by atoms with E-state index in [1.807, 2.05) is 32.9 Å². The number of hydrogen-bond acceptors (Lipinski definition) is 6. The third-order valence-corrected chi connectivity index (χ3v) is 5.76. The molecule has 0 saturated carbocycles. The average Bonchev–Trinajstić information content (AvgIpc) is 2.70. The number of ether oxygens (including phenoxy) is 1. The first-order chi connectivity index (χ1) is 12.8. The van der Waals surface area contributed by atoms with Gasteiger partial charge in [0.25, 0.3) is 0 Å². The summed E-state index contributed by atoms with van der Waals surface area (Å²) in [5.74, 6) is 1.74. The molecule has 6 nitrogen and oxygen atoms in total. The van der Waals surface area contributed by atoms with Gasteiger partial charge in [0.15, 0.2) is 5.82 Å². The number of carbonyl (C=O) groups is 1. The molecule has 1 saturated heterocycles. The van der Waals surface area contributed by atoms with Gasteiger partial charge in [-0.05, 0) is 58.6 Å². The van der Waals surface area contributed by atoms with Gasteiger partial charge in [0.1, 0.15) is 5.82 Å². The highest BCUT2D eigenvalue weighted by Crippen LogP contribution is 2.37. The van der Waals surface area contributed by atoms with Crippen LogP contribution in [0, 0.1) is 25.2 Å². The number of carbonyl (C=O) groups excluding carboxylic acids is 1. The second kappa shape index (κ2) is 7.62. The summed E-state index contributed by atoms with van der Waals surface area (Å²) in [6.07, 6.45) is 5.55. The molecule has 144 valence electrons. The average molecular weight is 368 g/mol. The molecule has 3 rings (SSSR count). The largest absolute Gasteiger partial charge is 0.469 e. The number of hydrogen-bond donors (Lipinski definition) is 0. The van der Waals surface area contributed by atoms with Gasteiger partial charge in [-0.3, -0.25) is 9.78 Å². The SMILES string of the molecule is COC(=O)C(C)(C)C1CCCN(c2nc(-c3ccncc3)nc(C)c2C)C1. The molecule has 1 unspecified atom stereocenters. The van der Waals surface area contributed by atoms with Crippen LogP contribution in [0.25, 0.3) is 11.4 Å². The van der Waals surface area contributed by atoms with Gasteiger partial charge in [0.05, 0.1) is 12.5 Å². The molecule has 0 amide bonds. The quantitative estimate of drug-likeness (QED) is 0.769. The Morgan fingerprint density at radius 2 is 1.93 bits per heavy atom. The van der Waals surface area contributed by atoms with Gasteiger partial charge in [-0.1, -0.05) is 0 Å². The van der Waals surface area contributed by atoms with E-state index < -0.39 is 5.41 Å². The van der Waals surface area contributed by atoms with Crippen LogP contribution in [0.15, 0.2) is 24.5 Å². The standard InChI is InChI=1S/C21H28N4O2/c1-14-15(2)23-18(16-8-10-22-11-9-16)24-19(14)25-12-6-7-17(13-25)21(3,4)20(26)27-5/h8-11,17H,6-7,12-13H2,1-5H3. The molecule has 3 heterocycles. The number of esters is 1. The lowest BCUT2D eigenvalue weighted by Gasteiger charge is -2.40. The zero-order valence-corrected chi connectivity index (χ0v) is 16.8. The van der Waals surface area contributed by atoms with Crippen LogP contribution in [-0.2, 0) is 9.53 Å². The predicted molar refractivity (Wildman–Crippen MR) is 105 cm³/mol. The van der Waals surface area contributed by atoms with Crippen molar-refractivity contribution in [2.45, 2.75) is 40.5 Å². The van der Waals surface area contributed by atoms with E-state index >= 15 is 0 Å². The van der Waals surface area contributed by atoms with Crippen LogP contribution in [-0.4, -0.2) is 41.1 Å². The van der Waals surface area contributed by atoms with Crippen LogP contribution >= 0.6 is 0 Å². The van der Waals surface area contributed by atoms with Crippen molar-refractivity contribution >= 4 is 11.8 Å². The molecule has 1 atom stereocenters. The molecule has 0 aliphatic carbocycles. The molecule has 2 aromatic rings. The molecule has 1 fully saturated rings. The molecule has 0 N–H and O–H groups in total. The summed E-state index contributed by atoms with van der Waals surface area (Å²) in [5.41, 5.74) is 2.50. The molecule has 0 bridgehead atoms. The molecule has 1 aliphatic rings. The van der Waals surface area contributed by atoms with Gasteiger partial charge in [-0.15, -0.1) is 0 Å². The molecular formula is C21H28N4O2. The highest BCUT2D eigenvalue weighted by atomic mass is 16.5. The van der Waals surface area contributed by atoms with E-state index in [1.54, 1.807) is 12.4 Å². The normalized spacial score (nSPS) is 17.7.